The molecule has 154 valence electrons. The van der Waals surface area contributed by atoms with Crippen LogP contribution >= 0.6 is 0 Å². The number of rotatable bonds is 6. The minimum atomic E-state index is -0.597. The van der Waals surface area contributed by atoms with Crippen molar-refractivity contribution < 1.29 is 5.11 Å². The van der Waals surface area contributed by atoms with E-state index in [1.165, 1.54) is 5.56 Å². The third kappa shape index (κ3) is 5.58. The number of aliphatic hydroxyl groups excluding tert-OH is 1. The molecule has 0 bridgehead atoms. The SMILES string of the molecule is CCNC(=NCc1c(C)nn(C)c1C)NCC(O)c1ccc(C(C)(C)C)cc1. The maximum Gasteiger partial charge on any atom is 0.191 e. The molecular formula is C22H35N5O. The standard InChI is InChI=1S/C22H35N5O/c1-8-23-21(24-13-19-15(2)26-27(7)16(19)3)25-14-20(28)17-9-11-18(12-10-17)22(4,5)6/h9-12,20,28H,8,13-14H2,1-7H3,(H2,23,24,25). The molecule has 1 unspecified atom stereocenters. The van der Waals surface area contributed by atoms with Crippen molar-refractivity contribution >= 4 is 5.96 Å². The number of guanidine groups is 1. The summed E-state index contributed by atoms with van der Waals surface area (Å²) in [6.07, 6.45) is -0.597. The van der Waals surface area contributed by atoms with E-state index >= 15 is 0 Å². The van der Waals surface area contributed by atoms with Crippen LogP contribution in [0, 0.1) is 13.8 Å². The molecule has 1 aromatic heterocycles. The summed E-state index contributed by atoms with van der Waals surface area (Å²) in [7, 11) is 1.94. The molecule has 0 saturated heterocycles. The first-order valence-corrected chi connectivity index (χ1v) is 9.93. The van der Waals surface area contributed by atoms with Gasteiger partial charge in [-0.15, -0.1) is 0 Å². The second-order valence-corrected chi connectivity index (χ2v) is 8.24. The van der Waals surface area contributed by atoms with Crippen LogP contribution in [0.5, 0.6) is 0 Å². The average molecular weight is 386 g/mol. The van der Waals surface area contributed by atoms with E-state index in [-0.39, 0.29) is 5.41 Å². The first kappa shape index (κ1) is 22.0. The fourth-order valence-corrected chi connectivity index (χ4v) is 3.06. The first-order chi connectivity index (χ1) is 13.1. The van der Waals surface area contributed by atoms with Crippen molar-refractivity contribution in [3.05, 3.63) is 52.3 Å². The molecule has 3 N–H and O–H groups in total. The van der Waals surface area contributed by atoms with Crippen LogP contribution < -0.4 is 10.6 Å². The van der Waals surface area contributed by atoms with Crippen molar-refractivity contribution in [2.75, 3.05) is 13.1 Å². The van der Waals surface area contributed by atoms with Gasteiger partial charge in [0.05, 0.1) is 18.3 Å². The van der Waals surface area contributed by atoms with Crippen LogP contribution in [-0.2, 0) is 19.0 Å². The van der Waals surface area contributed by atoms with Gasteiger partial charge < -0.3 is 15.7 Å². The normalized spacial score (nSPS) is 13.5. The molecule has 0 aliphatic rings. The number of aryl methyl sites for hydroxylation is 2. The van der Waals surface area contributed by atoms with Crippen LogP contribution in [0.4, 0.5) is 0 Å². The van der Waals surface area contributed by atoms with Crippen LogP contribution in [0.2, 0.25) is 0 Å². The van der Waals surface area contributed by atoms with Gasteiger partial charge in [-0.25, -0.2) is 4.99 Å². The molecule has 0 saturated carbocycles. The van der Waals surface area contributed by atoms with E-state index in [2.05, 4.69) is 60.6 Å². The second kappa shape index (κ2) is 9.24. The van der Waals surface area contributed by atoms with Gasteiger partial charge in [0.2, 0.25) is 0 Å². The van der Waals surface area contributed by atoms with E-state index in [4.69, 9.17) is 0 Å². The molecule has 1 atom stereocenters. The van der Waals surface area contributed by atoms with E-state index in [9.17, 15) is 5.11 Å². The average Bonchev–Trinajstić information content (AvgIpc) is 2.88. The lowest BCUT2D eigenvalue weighted by molar-refractivity contribution is 0.181. The van der Waals surface area contributed by atoms with Gasteiger partial charge in [-0.05, 0) is 37.3 Å². The van der Waals surface area contributed by atoms with E-state index < -0.39 is 6.10 Å². The highest BCUT2D eigenvalue weighted by Gasteiger charge is 2.15. The number of nitrogens with zero attached hydrogens (tertiary/aromatic N) is 3. The summed E-state index contributed by atoms with van der Waals surface area (Å²) >= 11 is 0. The molecule has 6 nitrogen and oxygen atoms in total. The lowest BCUT2D eigenvalue weighted by atomic mass is 9.86. The van der Waals surface area contributed by atoms with Crippen molar-refractivity contribution in [2.45, 2.75) is 59.6 Å². The van der Waals surface area contributed by atoms with Gasteiger partial charge in [0.1, 0.15) is 0 Å². The fraction of sp³-hybridized carbons (Fsp3) is 0.545. The molecule has 0 amide bonds. The van der Waals surface area contributed by atoms with Gasteiger partial charge in [-0.1, -0.05) is 45.0 Å². The minimum Gasteiger partial charge on any atom is -0.387 e. The monoisotopic (exact) mass is 385 g/mol. The lowest BCUT2D eigenvalue weighted by Crippen LogP contribution is -2.39. The van der Waals surface area contributed by atoms with E-state index in [1.54, 1.807) is 0 Å². The minimum absolute atomic E-state index is 0.106. The number of aromatic nitrogens is 2. The van der Waals surface area contributed by atoms with Crippen LogP contribution in [-0.4, -0.2) is 33.9 Å². The van der Waals surface area contributed by atoms with E-state index in [0.29, 0.717) is 19.0 Å². The highest BCUT2D eigenvalue weighted by molar-refractivity contribution is 5.79. The smallest absolute Gasteiger partial charge is 0.191 e. The number of aliphatic imine (C=N–C) groups is 1. The molecule has 0 fully saturated rings. The van der Waals surface area contributed by atoms with Crippen molar-refractivity contribution in [2.24, 2.45) is 12.0 Å². The van der Waals surface area contributed by atoms with Gasteiger partial charge in [0.15, 0.2) is 5.96 Å². The molecule has 1 aromatic carbocycles. The number of hydrogen-bond donors (Lipinski definition) is 3. The maximum atomic E-state index is 10.5. The molecule has 0 aliphatic carbocycles. The lowest BCUT2D eigenvalue weighted by Gasteiger charge is -2.20. The van der Waals surface area contributed by atoms with Gasteiger partial charge in [-0.3, -0.25) is 4.68 Å². The van der Waals surface area contributed by atoms with Gasteiger partial charge in [0.25, 0.3) is 0 Å². The second-order valence-electron chi connectivity index (χ2n) is 8.24. The Bertz CT molecular complexity index is 800. The van der Waals surface area contributed by atoms with Crippen molar-refractivity contribution in [3.8, 4) is 0 Å². The zero-order chi connectivity index (χ0) is 20.9. The summed E-state index contributed by atoms with van der Waals surface area (Å²) in [5, 5.41) is 21.5. The first-order valence-electron chi connectivity index (χ1n) is 9.93. The third-order valence-corrected chi connectivity index (χ3v) is 5.02. The fourth-order valence-electron chi connectivity index (χ4n) is 3.06. The van der Waals surface area contributed by atoms with Crippen LogP contribution in [0.15, 0.2) is 29.3 Å². The Labute approximate surface area is 169 Å². The molecular weight excluding hydrogens is 350 g/mol. The van der Waals surface area contributed by atoms with Crippen molar-refractivity contribution in [3.63, 3.8) is 0 Å². The predicted octanol–water partition coefficient (Wildman–Crippen LogP) is 3.12. The van der Waals surface area contributed by atoms with Crippen LogP contribution in [0.1, 0.15) is 61.9 Å². The Hall–Kier alpha value is -2.34. The Balaban J connectivity index is 2.02. The predicted molar refractivity (Wildman–Crippen MR) is 116 cm³/mol. The number of benzene rings is 1. The molecule has 28 heavy (non-hydrogen) atoms. The van der Waals surface area contributed by atoms with Gasteiger partial charge in [0, 0.05) is 31.4 Å². The van der Waals surface area contributed by atoms with Crippen molar-refractivity contribution in [1.82, 2.24) is 20.4 Å². The summed E-state index contributed by atoms with van der Waals surface area (Å²) in [6.45, 7) is 14.3. The van der Waals surface area contributed by atoms with E-state index in [0.717, 1.165) is 29.1 Å². The summed E-state index contributed by atoms with van der Waals surface area (Å²) < 4.78 is 1.88. The highest BCUT2D eigenvalue weighted by Crippen LogP contribution is 2.23. The molecule has 6 heteroatoms. The number of hydrogen-bond acceptors (Lipinski definition) is 3. The van der Waals surface area contributed by atoms with Gasteiger partial charge in [-0.2, -0.15) is 5.10 Å². The molecule has 0 spiro atoms. The molecule has 0 radical (unpaired) electrons. The Morgan fingerprint density at radius 3 is 2.32 bits per heavy atom. The quantitative estimate of drug-likeness (QED) is 0.528. The van der Waals surface area contributed by atoms with Gasteiger partial charge >= 0.3 is 0 Å². The number of aliphatic hydroxyl groups is 1. The zero-order valence-electron chi connectivity index (χ0n) is 18.3. The largest absolute Gasteiger partial charge is 0.387 e. The Morgan fingerprint density at radius 1 is 1.18 bits per heavy atom. The van der Waals surface area contributed by atoms with Crippen LogP contribution in [0.3, 0.4) is 0 Å². The van der Waals surface area contributed by atoms with E-state index in [1.807, 2.05) is 37.7 Å². The summed E-state index contributed by atoms with van der Waals surface area (Å²) in [5.74, 6) is 0.690. The van der Waals surface area contributed by atoms with Crippen LogP contribution in [0.25, 0.3) is 0 Å². The molecule has 1 heterocycles. The molecule has 2 rings (SSSR count). The molecule has 2 aromatic rings. The third-order valence-electron chi connectivity index (χ3n) is 5.02. The maximum absolute atomic E-state index is 10.5. The summed E-state index contributed by atoms with van der Waals surface area (Å²) in [4.78, 5) is 4.66. The Kier molecular flexibility index (Phi) is 7.24. The molecule has 0 aliphatic heterocycles. The zero-order valence-corrected chi connectivity index (χ0v) is 18.3. The van der Waals surface area contributed by atoms with Crippen molar-refractivity contribution in [1.29, 1.82) is 0 Å². The summed E-state index contributed by atoms with van der Waals surface area (Å²) in [6, 6.07) is 8.18. The summed E-state index contributed by atoms with van der Waals surface area (Å²) in [5.41, 5.74) is 5.52. The Morgan fingerprint density at radius 2 is 1.82 bits per heavy atom. The topological polar surface area (TPSA) is 74.5 Å². The number of nitrogens with one attached hydrogen (secondary N) is 2. The highest BCUT2D eigenvalue weighted by atomic mass is 16.3.